The fourth-order valence-corrected chi connectivity index (χ4v) is 2.44. The molecule has 2 N–H and O–H groups in total. The molecule has 118 valence electrons. The van der Waals surface area contributed by atoms with Crippen LogP contribution in [0.15, 0.2) is 12.7 Å². The molecule has 0 saturated heterocycles. The third-order valence-corrected chi connectivity index (χ3v) is 3.73. The quantitative estimate of drug-likeness (QED) is 0.295. The molecule has 0 bridgehead atoms. The number of nitrogens with two attached hydrogens (primary N) is 1. The Kier molecular flexibility index (Phi) is 14.0. The van der Waals surface area contributed by atoms with Crippen LogP contribution >= 0.6 is 0 Å². The predicted octanol–water partition coefficient (Wildman–Crippen LogP) is 4.21. The number of esters is 1. The number of carbonyl (C=O) groups excluding carboxylic acids is 1. The summed E-state index contributed by atoms with van der Waals surface area (Å²) < 4.78 is 5.04. The summed E-state index contributed by atoms with van der Waals surface area (Å²) >= 11 is 0. The molecule has 0 aromatic carbocycles. The SMILES string of the molecule is C=CC(=O)OCCC(CCN)CCCCCCCCC. The first-order valence-electron chi connectivity index (χ1n) is 8.23. The zero-order valence-corrected chi connectivity index (χ0v) is 13.2. The average molecular weight is 283 g/mol. The van der Waals surface area contributed by atoms with Gasteiger partial charge in [0.2, 0.25) is 0 Å². The highest BCUT2D eigenvalue weighted by Crippen LogP contribution is 2.18. The van der Waals surface area contributed by atoms with E-state index in [1.165, 1.54) is 57.4 Å². The van der Waals surface area contributed by atoms with Crippen LogP contribution in [0.25, 0.3) is 0 Å². The second kappa shape index (κ2) is 14.6. The van der Waals surface area contributed by atoms with Crippen LogP contribution in [0.1, 0.15) is 71.1 Å². The summed E-state index contributed by atoms with van der Waals surface area (Å²) in [5.41, 5.74) is 5.65. The summed E-state index contributed by atoms with van der Waals surface area (Å²) in [6.45, 7) is 6.85. The van der Waals surface area contributed by atoms with Crippen molar-refractivity contribution >= 4 is 5.97 Å². The van der Waals surface area contributed by atoms with E-state index in [0.717, 1.165) is 19.4 Å². The highest BCUT2D eigenvalue weighted by molar-refractivity contribution is 5.81. The smallest absolute Gasteiger partial charge is 0.330 e. The van der Waals surface area contributed by atoms with Crippen molar-refractivity contribution in [3.8, 4) is 0 Å². The first-order valence-corrected chi connectivity index (χ1v) is 8.23. The molecule has 3 heteroatoms. The van der Waals surface area contributed by atoms with Crippen LogP contribution in [0.4, 0.5) is 0 Å². The summed E-state index contributed by atoms with van der Waals surface area (Å²) in [6.07, 6.45) is 13.7. The molecule has 0 aromatic rings. The molecule has 0 aliphatic rings. The molecule has 1 atom stereocenters. The molecule has 0 rings (SSSR count). The van der Waals surface area contributed by atoms with Crippen LogP contribution in [-0.4, -0.2) is 19.1 Å². The third kappa shape index (κ3) is 12.2. The van der Waals surface area contributed by atoms with E-state index in [2.05, 4.69) is 13.5 Å². The fraction of sp³-hybridized carbons (Fsp3) is 0.824. The zero-order chi connectivity index (χ0) is 15.1. The highest BCUT2D eigenvalue weighted by atomic mass is 16.5. The van der Waals surface area contributed by atoms with Gasteiger partial charge in [-0.3, -0.25) is 0 Å². The Labute approximate surface area is 125 Å². The van der Waals surface area contributed by atoms with E-state index in [1.807, 2.05) is 0 Å². The van der Waals surface area contributed by atoms with Crippen molar-refractivity contribution in [1.82, 2.24) is 0 Å². The molecule has 0 spiro atoms. The third-order valence-electron chi connectivity index (χ3n) is 3.73. The minimum Gasteiger partial charge on any atom is -0.463 e. The molecule has 0 radical (unpaired) electrons. The van der Waals surface area contributed by atoms with Crippen LogP contribution in [0.3, 0.4) is 0 Å². The summed E-state index contributed by atoms with van der Waals surface area (Å²) in [5, 5.41) is 0. The van der Waals surface area contributed by atoms with Gasteiger partial charge in [-0.05, 0) is 25.3 Å². The molecule has 0 saturated carbocycles. The van der Waals surface area contributed by atoms with Crippen molar-refractivity contribution in [2.75, 3.05) is 13.2 Å². The first kappa shape index (κ1) is 19.2. The van der Waals surface area contributed by atoms with Gasteiger partial charge < -0.3 is 10.5 Å². The van der Waals surface area contributed by atoms with E-state index < -0.39 is 0 Å². The molecule has 0 aromatic heterocycles. The van der Waals surface area contributed by atoms with E-state index in [4.69, 9.17) is 10.5 Å². The topological polar surface area (TPSA) is 52.3 Å². The van der Waals surface area contributed by atoms with Crippen LogP contribution in [0.5, 0.6) is 0 Å². The molecular weight excluding hydrogens is 250 g/mol. The molecule has 0 amide bonds. The molecule has 20 heavy (non-hydrogen) atoms. The molecular formula is C17H33NO2. The maximum atomic E-state index is 11.0. The van der Waals surface area contributed by atoms with Crippen molar-refractivity contribution in [2.24, 2.45) is 11.7 Å². The number of rotatable bonds is 14. The van der Waals surface area contributed by atoms with Gasteiger partial charge in [-0.15, -0.1) is 0 Å². The Balaban J connectivity index is 3.58. The summed E-state index contributed by atoms with van der Waals surface area (Å²) in [5.74, 6) is 0.265. The van der Waals surface area contributed by atoms with Gasteiger partial charge in [0.15, 0.2) is 0 Å². The van der Waals surface area contributed by atoms with Crippen LogP contribution in [0.2, 0.25) is 0 Å². The van der Waals surface area contributed by atoms with Gasteiger partial charge in [-0.2, -0.15) is 0 Å². The van der Waals surface area contributed by atoms with Gasteiger partial charge >= 0.3 is 5.97 Å². The molecule has 0 heterocycles. The van der Waals surface area contributed by atoms with Crippen molar-refractivity contribution in [1.29, 1.82) is 0 Å². The highest BCUT2D eigenvalue weighted by Gasteiger charge is 2.08. The lowest BCUT2D eigenvalue weighted by atomic mass is 9.94. The lowest BCUT2D eigenvalue weighted by Crippen LogP contribution is -2.13. The Bertz CT molecular complexity index is 241. The number of hydrogen-bond acceptors (Lipinski definition) is 3. The summed E-state index contributed by atoms with van der Waals surface area (Å²) in [4.78, 5) is 11.0. The van der Waals surface area contributed by atoms with E-state index in [9.17, 15) is 4.79 Å². The Morgan fingerprint density at radius 1 is 1.10 bits per heavy atom. The number of unbranched alkanes of at least 4 members (excludes halogenated alkanes) is 6. The largest absolute Gasteiger partial charge is 0.463 e. The molecule has 0 aliphatic carbocycles. The number of ether oxygens (including phenoxy) is 1. The van der Waals surface area contributed by atoms with E-state index in [0.29, 0.717) is 12.5 Å². The lowest BCUT2D eigenvalue weighted by Gasteiger charge is -2.15. The van der Waals surface area contributed by atoms with Gasteiger partial charge in [0, 0.05) is 6.08 Å². The minimum atomic E-state index is -0.326. The van der Waals surface area contributed by atoms with E-state index >= 15 is 0 Å². The van der Waals surface area contributed by atoms with Gasteiger partial charge in [0.05, 0.1) is 6.61 Å². The normalized spacial score (nSPS) is 12.1. The van der Waals surface area contributed by atoms with Crippen molar-refractivity contribution in [2.45, 2.75) is 71.1 Å². The first-order chi connectivity index (χ1) is 9.74. The average Bonchev–Trinajstić information content (AvgIpc) is 2.46. The summed E-state index contributed by atoms with van der Waals surface area (Å²) in [6, 6.07) is 0. The summed E-state index contributed by atoms with van der Waals surface area (Å²) in [7, 11) is 0. The van der Waals surface area contributed by atoms with E-state index in [1.54, 1.807) is 0 Å². The zero-order valence-electron chi connectivity index (χ0n) is 13.2. The van der Waals surface area contributed by atoms with Gasteiger partial charge in [0.1, 0.15) is 0 Å². The Morgan fingerprint density at radius 2 is 1.75 bits per heavy atom. The number of hydrogen-bond donors (Lipinski definition) is 1. The molecule has 3 nitrogen and oxygen atoms in total. The monoisotopic (exact) mass is 283 g/mol. The minimum absolute atomic E-state index is 0.326. The second-order valence-electron chi connectivity index (χ2n) is 5.51. The lowest BCUT2D eigenvalue weighted by molar-refractivity contribution is -0.138. The van der Waals surface area contributed by atoms with Crippen LogP contribution in [-0.2, 0) is 9.53 Å². The van der Waals surface area contributed by atoms with Crippen LogP contribution in [0, 0.1) is 5.92 Å². The Morgan fingerprint density at radius 3 is 2.35 bits per heavy atom. The van der Waals surface area contributed by atoms with E-state index in [-0.39, 0.29) is 5.97 Å². The fourth-order valence-electron chi connectivity index (χ4n) is 2.44. The van der Waals surface area contributed by atoms with Crippen molar-refractivity contribution in [3.05, 3.63) is 12.7 Å². The second-order valence-corrected chi connectivity index (χ2v) is 5.51. The predicted molar refractivity (Wildman–Crippen MR) is 85.5 cm³/mol. The maximum absolute atomic E-state index is 11.0. The standard InChI is InChI=1S/C17H33NO2/c1-3-5-6-7-8-9-10-11-16(12-14-18)13-15-20-17(19)4-2/h4,16H,2-3,5-15,18H2,1H3. The number of carbonyl (C=O) groups is 1. The van der Waals surface area contributed by atoms with Gasteiger partial charge in [-0.1, -0.05) is 64.9 Å². The molecule has 0 fully saturated rings. The Hall–Kier alpha value is -0.830. The van der Waals surface area contributed by atoms with Gasteiger partial charge in [-0.25, -0.2) is 4.79 Å². The van der Waals surface area contributed by atoms with Crippen LogP contribution < -0.4 is 5.73 Å². The maximum Gasteiger partial charge on any atom is 0.330 e. The molecule has 0 aliphatic heterocycles. The molecule has 1 unspecified atom stereocenters. The van der Waals surface area contributed by atoms with Crippen molar-refractivity contribution < 1.29 is 9.53 Å². The van der Waals surface area contributed by atoms with Crippen molar-refractivity contribution in [3.63, 3.8) is 0 Å². The van der Waals surface area contributed by atoms with Gasteiger partial charge in [0.25, 0.3) is 0 Å².